The maximum absolute atomic E-state index is 15.8. The van der Waals surface area contributed by atoms with Gasteiger partial charge in [0.1, 0.15) is 90.3 Å². The lowest BCUT2D eigenvalue weighted by Gasteiger charge is -2.36. The molecule has 0 radical (unpaired) electrons. The summed E-state index contributed by atoms with van der Waals surface area (Å²) in [5, 5.41) is 49.7. The molecule has 732 valence electrons. The van der Waals surface area contributed by atoms with E-state index in [9.17, 15) is 58.2 Å². The minimum atomic E-state index is -1.84. The number of unbranched alkanes of at least 4 members (excludes halogenated alkanes) is 2. The Morgan fingerprint density at radius 3 is 1.64 bits per heavy atom. The number of fused-ring (bicyclic) bond motifs is 4. The van der Waals surface area contributed by atoms with Crippen LogP contribution in [-0.4, -0.2) is 302 Å². The van der Waals surface area contributed by atoms with Crippen molar-refractivity contribution in [3.05, 3.63) is 102 Å². The summed E-state index contributed by atoms with van der Waals surface area (Å²) < 4.78 is 0. The van der Waals surface area contributed by atoms with Crippen molar-refractivity contribution in [2.45, 2.75) is 254 Å². The third-order valence-electron chi connectivity index (χ3n) is 25.7. The molecule has 4 fully saturated rings. The SMILES string of the molecule is CCCC[C@H]1C(=O)N(C)[C@@H](CCCC)C(=O)N[C@@H](CCCN)C(=O)N[C@H](C(=O)NCC(N)=O)CSCC(=O)N[C@@H](Cc2ccc(O)cc2)C(=O)N(C)[C@@H](C)C(=O)N[C@@H](CC(N)=O)C(=O)N2CCC[C@H]2C(=O)N[C@@H](CN)C(=O)N[C@@H](CC(C)C)C(=O)N2C[C@H](C3CCCCC3)C[C@H]2C(=O)N[C@@H](Cc2c[nH]c3ccccc23)C(=O)N[C@@H](CO)C(=O)N[C@@H](Cc2c[nH]c3ccccc23)C(=O)N1C. The summed E-state index contributed by atoms with van der Waals surface area (Å²) in [4.78, 5) is 263. The number of aromatic nitrogens is 2. The van der Waals surface area contributed by atoms with E-state index in [0.717, 1.165) is 53.7 Å². The van der Waals surface area contributed by atoms with E-state index in [1.165, 1.54) is 67.0 Å². The molecule has 3 aromatic carbocycles. The third-order valence-corrected chi connectivity index (χ3v) is 26.7. The Bertz CT molecular complexity index is 4970. The minimum Gasteiger partial charge on any atom is -0.508 e. The summed E-state index contributed by atoms with van der Waals surface area (Å²) >= 11 is 0.789. The number of hydrogen-bond acceptors (Lipinski definition) is 22. The number of nitrogens with two attached hydrogens (primary N) is 4. The molecule has 40 nitrogen and oxygen atoms in total. The van der Waals surface area contributed by atoms with Gasteiger partial charge in [-0.05, 0) is 124 Å². The van der Waals surface area contributed by atoms with E-state index in [1.54, 1.807) is 54.9 Å². The molecule has 5 aromatic rings. The van der Waals surface area contributed by atoms with Gasteiger partial charge in [-0.15, -0.1) is 11.8 Å². The van der Waals surface area contributed by atoms with E-state index >= 15 is 33.6 Å². The molecule has 9 rings (SSSR count). The number of aromatic amines is 2. The molecule has 0 unspecified atom stereocenters. The van der Waals surface area contributed by atoms with E-state index in [2.05, 4.69) is 63.1 Å². The van der Waals surface area contributed by atoms with Crippen molar-refractivity contribution in [2.24, 2.45) is 40.7 Å². The average molecular weight is 1880 g/mol. The Morgan fingerprint density at radius 2 is 1.04 bits per heavy atom. The van der Waals surface area contributed by atoms with Crippen LogP contribution in [-0.2, 0) is 101 Å². The number of likely N-dealkylation sites (N-methyl/N-ethyl adjacent to an activating group) is 3. The van der Waals surface area contributed by atoms with E-state index in [1.807, 2.05) is 33.8 Å². The first-order valence-corrected chi connectivity index (χ1v) is 47.6. The van der Waals surface area contributed by atoms with Gasteiger partial charge in [0.05, 0.1) is 25.3 Å². The first-order chi connectivity index (χ1) is 64.0. The highest BCUT2D eigenvalue weighted by Gasteiger charge is 2.48. The van der Waals surface area contributed by atoms with Crippen molar-refractivity contribution in [3.63, 3.8) is 0 Å². The van der Waals surface area contributed by atoms with Crippen molar-refractivity contribution in [2.75, 3.05) is 72.0 Å². The molecule has 4 aliphatic rings. The van der Waals surface area contributed by atoms with Crippen LogP contribution in [0.2, 0.25) is 0 Å². The second kappa shape index (κ2) is 50.7. The highest BCUT2D eigenvalue weighted by molar-refractivity contribution is 8.00. The molecule has 41 heteroatoms. The molecule has 0 spiro atoms. The lowest BCUT2D eigenvalue weighted by Crippen LogP contribution is -2.62. The number of benzene rings is 3. The summed E-state index contributed by atoms with van der Waals surface area (Å²) in [5.41, 5.74) is 26.3. The Hall–Kier alpha value is -12.2. The summed E-state index contributed by atoms with van der Waals surface area (Å²) in [5.74, 6) is -16.6. The standard InChI is InChI=1S/C93H135N21O19S/c1-9-11-29-73-86(126)102-64(28-20-36-94)82(122)109-72(81(121)100-47-78(97)118)50-134-51-79(119)101-67(39-54-32-34-59(116)35-33-54)89(129)110(6)53(5)80(120)104-69(43-77(96)117)91(131)113-37-21-31-74(113)87(127)107-70(44-95)84(124)105-66(38-52(3)4)92(132)114-48-58(55-22-14-13-15-23-55)42-76(114)88(128)103-65(40-56-45-98-62-26-18-16-24-60(56)62)83(123)108-71(49-115)85(125)106-68(41-57-46-99-63-27-19-17-25-61(57)63)90(130)112(8)75(30-12-10-2)93(133)111(73)7/h16-19,24-27,32-35,45-46,52-53,55,58,64-76,98-99,115-116H,9-15,20-23,28-31,36-44,47-51,94-95H2,1-8H3,(H2,96,117)(H2,97,118)(H,100,121)(H,101,119)(H,102,126)(H,103,128)(H,104,120)(H,105,124)(H,106,125)(H,107,127)(H,108,123)(H,109,122)/t53-,58+,64-,65-,66-,67-,68-,69-,70-,71-,72-,73-,74-,75-,76-/m0/s1. The van der Waals surface area contributed by atoms with Crippen LogP contribution >= 0.6 is 11.8 Å². The topological polar surface area (TPSA) is 603 Å². The molecule has 5 heterocycles. The zero-order chi connectivity index (χ0) is 97.7. The lowest BCUT2D eigenvalue weighted by atomic mass is 9.79. The number of aromatic hydroxyl groups is 1. The summed E-state index contributed by atoms with van der Waals surface area (Å²) in [7, 11) is 3.99. The monoisotopic (exact) mass is 1880 g/mol. The average Bonchev–Trinajstić information content (AvgIpc) is 1.56. The molecular formula is C93H135N21O19S. The highest BCUT2D eigenvalue weighted by Crippen LogP contribution is 2.39. The van der Waals surface area contributed by atoms with Gasteiger partial charge >= 0.3 is 0 Å². The number of amides is 17. The van der Waals surface area contributed by atoms with Crippen molar-refractivity contribution in [3.8, 4) is 5.75 Å². The number of rotatable bonds is 25. The van der Waals surface area contributed by atoms with Crippen LogP contribution in [0.15, 0.2) is 85.2 Å². The highest BCUT2D eigenvalue weighted by atomic mass is 32.2. The number of H-pyrrole nitrogens is 2. The zero-order valence-electron chi connectivity index (χ0n) is 77.7. The van der Waals surface area contributed by atoms with Crippen molar-refractivity contribution >= 4 is 134 Å². The number of aliphatic hydroxyl groups is 1. The normalized spacial score (nSPS) is 25.8. The van der Waals surface area contributed by atoms with Crippen LogP contribution in [0.1, 0.15) is 167 Å². The fourth-order valence-corrected chi connectivity index (χ4v) is 18.8. The number of primary amides is 2. The molecule has 15 atom stereocenters. The zero-order valence-corrected chi connectivity index (χ0v) is 78.5. The molecule has 22 N–H and O–H groups in total. The van der Waals surface area contributed by atoms with E-state index < -0.39 is 223 Å². The first-order valence-electron chi connectivity index (χ1n) is 46.4. The minimum absolute atomic E-state index is 0.00756. The fourth-order valence-electron chi connectivity index (χ4n) is 18.0. The molecule has 3 saturated heterocycles. The Labute approximate surface area is 783 Å². The number of phenols is 1. The summed E-state index contributed by atoms with van der Waals surface area (Å²) in [6, 6.07) is -0.923. The van der Waals surface area contributed by atoms with Crippen LogP contribution < -0.4 is 76.1 Å². The van der Waals surface area contributed by atoms with Crippen molar-refractivity contribution < 1.29 is 91.7 Å². The van der Waals surface area contributed by atoms with Crippen LogP contribution in [0.4, 0.5) is 0 Å². The predicted molar refractivity (Wildman–Crippen MR) is 500 cm³/mol. The number of nitrogens with one attached hydrogen (secondary N) is 12. The Balaban J connectivity index is 1.10. The van der Waals surface area contributed by atoms with Gasteiger partial charge in [0.15, 0.2) is 0 Å². The Morgan fingerprint density at radius 1 is 0.507 bits per heavy atom. The second-order valence-electron chi connectivity index (χ2n) is 35.9. The van der Waals surface area contributed by atoms with Crippen molar-refractivity contribution in [1.82, 2.24) is 87.6 Å². The molecule has 3 aliphatic heterocycles. The van der Waals surface area contributed by atoms with Crippen LogP contribution in [0, 0.1) is 17.8 Å². The smallest absolute Gasteiger partial charge is 0.246 e. The number of phenolic OH excluding ortho intramolecular Hbond substituents is 1. The molecule has 2 aromatic heterocycles. The van der Waals surface area contributed by atoms with Crippen LogP contribution in [0.3, 0.4) is 0 Å². The summed E-state index contributed by atoms with van der Waals surface area (Å²) in [6.45, 7) is 6.34. The number of para-hydroxylation sites is 2. The van der Waals surface area contributed by atoms with Gasteiger partial charge in [-0.3, -0.25) is 81.5 Å². The number of thioether (sulfide) groups is 1. The predicted octanol–water partition coefficient (Wildman–Crippen LogP) is -0.625. The van der Waals surface area contributed by atoms with Gasteiger partial charge in [0.2, 0.25) is 100 Å². The molecule has 17 amide bonds. The third kappa shape index (κ3) is 28.7. The molecule has 1 saturated carbocycles. The second-order valence-corrected chi connectivity index (χ2v) is 36.9. The molecule has 0 bridgehead atoms. The number of carbonyl (C=O) groups is 17. The summed E-state index contributed by atoms with van der Waals surface area (Å²) in [6.07, 6.45) is 8.36. The van der Waals surface area contributed by atoms with Gasteiger partial charge in [0.25, 0.3) is 0 Å². The Kier molecular flexibility index (Phi) is 39.9. The van der Waals surface area contributed by atoms with Gasteiger partial charge < -0.3 is 121 Å². The quantitative estimate of drug-likeness (QED) is 0.0346. The number of carbonyl (C=O) groups excluding carboxylic acids is 17. The van der Waals surface area contributed by atoms with E-state index in [-0.39, 0.29) is 114 Å². The van der Waals surface area contributed by atoms with E-state index in [4.69, 9.17) is 22.9 Å². The maximum Gasteiger partial charge on any atom is 0.246 e. The number of aliphatic hydroxyl groups excluding tert-OH is 1. The molecular weight excluding hydrogens is 1750 g/mol. The van der Waals surface area contributed by atoms with E-state index in [0.29, 0.717) is 64.2 Å². The number of nitrogens with zero attached hydrogens (tertiary/aromatic N) is 5. The van der Waals surface area contributed by atoms with Crippen LogP contribution in [0.5, 0.6) is 5.75 Å². The lowest BCUT2D eigenvalue weighted by molar-refractivity contribution is -0.149. The van der Waals surface area contributed by atoms with Crippen LogP contribution in [0.25, 0.3) is 21.8 Å². The van der Waals surface area contributed by atoms with Gasteiger partial charge in [-0.1, -0.05) is 134 Å². The fraction of sp³-hybridized carbons (Fsp3) is 0.581. The van der Waals surface area contributed by atoms with Gasteiger partial charge in [-0.2, -0.15) is 0 Å². The maximum atomic E-state index is 15.8. The van der Waals surface area contributed by atoms with Gasteiger partial charge in [-0.25, -0.2) is 0 Å². The largest absolute Gasteiger partial charge is 0.508 e. The molecule has 1 aliphatic carbocycles. The first kappa shape index (κ1) is 105. The number of hydrogen-bond donors (Lipinski definition) is 18. The van der Waals surface area contributed by atoms with Gasteiger partial charge in [0, 0.05) is 100.0 Å². The molecule has 134 heavy (non-hydrogen) atoms. The van der Waals surface area contributed by atoms with Crippen molar-refractivity contribution in [1.29, 1.82) is 0 Å².